The Labute approximate surface area is 156 Å². The summed E-state index contributed by atoms with van der Waals surface area (Å²) in [5, 5.41) is 12.6. The average molecular weight is 370 g/mol. The zero-order valence-corrected chi connectivity index (χ0v) is 15.7. The first-order valence-corrected chi connectivity index (χ1v) is 9.16. The number of oxazole rings is 1. The molecule has 5 heterocycles. The Bertz CT molecular complexity index is 970. The monoisotopic (exact) mass is 370 g/mol. The number of aryl methyl sites for hydroxylation is 3. The minimum atomic E-state index is -0.234. The third-order valence-electron chi connectivity index (χ3n) is 5.59. The molecule has 1 spiro atoms. The van der Waals surface area contributed by atoms with Crippen LogP contribution in [-0.2, 0) is 24.4 Å². The number of hydrogen-bond acceptors (Lipinski definition) is 8. The van der Waals surface area contributed by atoms with E-state index in [0.29, 0.717) is 24.7 Å². The quantitative estimate of drug-likeness (QED) is 0.691. The summed E-state index contributed by atoms with van der Waals surface area (Å²) in [5.41, 5.74) is 2.62. The maximum atomic E-state index is 6.27. The van der Waals surface area contributed by atoms with E-state index in [9.17, 15) is 0 Å². The lowest BCUT2D eigenvalue weighted by Crippen LogP contribution is -2.44. The van der Waals surface area contributed by atoms with E-state index in [1.54, 1.807) is 6.26 Å². The predicted octanol–water partition coefficient (Wildman–Crippen LogP) is 2.02. The molecule has 0 aliphatic carbocycles. The fraction of sp³-hybridized carbons (Fsp3) is 0.556. The van der Waals surface area contributed by atoms with Gasteiger partial charge in [-0.15, -0.1) is 10.2 Å². The van der Waals surface area contributed by atoms with E-state index in [2.05, 4.69) is 29.8 Å². The van der Waals surface area contributed by atoms with E-state index in [-0.39, 0.29) is 5.60 Å². The minimum Gasteiger partial charge on any atom is -0.449 e. The molecule has 0 N–H and O–H groups in total. The highest BCUT2D eigenvalue weighted by Crippen LogP contribution is 2.35. The van der Waals surface area contributed by atoms with Crippen molar-refractivity contribution in [2.45, 2.75) is 52.5 Å². The molecule has 3 aromatic rings. The second-order valence-electron chi connectivity index (χ2n) is 7.51. The largest absolute Gasteiger partial charge is 0.449 e. The minimum absolute atomic E-state index is 0.234. The maximum absolute atomic E-state index is 6.27. The van der Waals surface area contributed by atoms with Crippen LogP contribution in [0.2, 0.25) is 0 Å². The summed E-state index contributed by atoms with van der Waals surface area (Å²) in [7, 11) is 0. The highest BCUT2D eigenvalue weighted by atomic mass is 16.5. The normalized spacial score (nSPS) is 22.6. The van der Waals surface area contributed by atoms with Gasteiger partial charge in [-0.25, -0.2) is 4.98 Å². The van der Waals surface area contributed by atoms with E-state index in [1.807, 2.05) is 20.8 Å². The van der Waals surface area contributed by atoms with Crippen molar-refractivity contribution in [3.63, 3.8) is 0 Å². The highest BCUT2D eigenvalue weighted by Gasteiger charge is 2.43. The van der Waals surface area contributed by atoms with Crippen LogP contribution < -0.4 is 0 Å². The van der Waals surface area contributed by atoms with E-state index >= 15 is 0 Å². The molecule has 0 saturated carbocycles. The number of hydrogen-bond donors (Lipinski definition) is 0. The summed E-state index contributed by atoms with van der Waals surface area (Å²) in [6, 6.07) is 0. The Morgan fingerprint density at radius 3 is 2.81 bits per heavy atom. The van der Waals surface area contributed by atoms with Gasteiger partial charge in [0.05, 0.1) is 12.2 Å². The van der Waals surface area contributed by atoms with Crippen molar-refractivity contribution in [2.75, 3.05) is 13.1 Å². The van der Waals surface area contributed by atoms with E-state index in [0.717, 1.165) is 49.2 Å². The van der Waals surface area contributed by atoms with E-state index in [1.165, 1.54) is 5.56 Å². The van der Waals surface area contributed by atoms with Gasteiger partial charge in [0.25, 0.3) is 0 Å². The molecule has 0 aromatic carbocycles. The van der Waals surface area contributed by atoms with Crippen LogP contribution in [0, 0.1) is 20.8 Å². The zero-order chi connectivity index (χ0) is 18.6. The molecule has 1 fully saturated rings. The number of nitrogens with zero attached hydrogens (tertiary/aromatic N) is 6. The molecule has 1 saturated heterocycles. The molecule has 0 amide bonds. The lowest BCUT2D eigenvalue weighted by Gasteiger charge is -2.34. The summed E-state index contributed by atoms with van der Waals surface area (Å²) in [6.07, 6.45) is 2.60. The summed E-state index contributed by atoms with van der Waals surface area (Å²) in [6.45, 7) is 9.61. The topological polar surface area (TPSA) is 95.2 Å². The first kappa shape index (κ1) is 16.6. The molecule has 2 aliphatic heterocycles. The van der Waals surface area contributed by atoms with Crippen molar-refractivity contribution in [1.29, 1.82) is 0 Å². The Hall–Kier alpha value is -2.52. The van der Waals surface area contributed by atoms with Crippen LogP contribution in [0.15, 0.2) is 15.2 Å². The Kier molecular flexibility index (Phi) is 3.70. The van der Waals surface area contributed by atoms with Crippen molar-refractivity contribution in [3.8, 4) is 11.5 Å². The summed E-state index contributed by atoms with van der Waals surface area (Å²) in [4.78, 5) is 6.81. The molecule has 3 aromatic heterocycles. The molecule has 0 radical (unpaired) electrons. The highest BCUT2D eigenvalue weighted by molar-refractivity contribution is 5.47. The van der Waals surface area contributed by atoms with Gasteiger partial charge in [-0.2, -0.15) is 0 Å². The Balaban J connectivity index is 1.37. The molecular formula is C18H22N6O3. The molecule has 142 valence electrons. The van der Waals surface area contributed by atoms with Crippen LogP contribution in [0.5, 0.6) is 0 Å². The summed E-state index contributed by atoms with van der Waals surface area (Å²) < 4.78 is 19.0. The molecule has 0 bridgehead atoms. The van der Waals surface area contributed by atoms with Gasteiger partial charge in [0, 0.05) is 32.1 Å². The van der Waals surface area contributed by atoms with Crippen molar-refractivity contribution in [2.24, 2.45) is 0 Å². The third-order valence-corrected chi connectivity index (χ3v) is 5.59. The maximum Gasteiger partial charge on any atom is 0.191 e. The van der Waals surface area contributed by atoms with Gasteiger partial charge in [-0.05, 0) is 20.3 Å². The lowest BCUT2D eigenvalue weighted by atomic mass is 10.0. The Morgan fingerprint density at radius 1 is 1.19 bits per heavy atom. The van der Waals surface area contributed by atoms with E-state index < -0.39 is 0 Å². The van der Waals surface area contributed by atoms with Gasteiger partial charge < -0.3 is 18.2 Å². The van der Waals surface area contributed by atoms with Crippen molar-refractivity contribution in [1.82, 2.24) is 29.8 Å². The van der Waals surface area contributed by atoms with Crippen molar-refractivity contribution < 1.29 is 13.7 Å². The van der Waals surface area contributed by atoms with Crippen LogP contribution in [0.3, 0.4) is 0 Å². The fourth-order valence-corrected chi connectivity index (χ4v) is 4.08. The zero-order valence-electron chi connectivity index (χ0n) is 15.7. The van der Waals surface area contributed by atoms with E-state index in [4.69, 9.17) is 13.7 Å². The first-order chi connectivity index (χ1) is 13.0. The van der Waals surface area contributed by atoms with Gasteiger partial charge in [0.15, 0.2) is 17.5 Å². The average Bonchev–Trinajstić information content (AvgIpc) is 3.41. The molecule has 1 unspecified atom stereocenters. The summed E-state index contributed by atoms with van der Waals surface area (Å²) in [5.74, 6) is 3.09. The second-order valence-corrected chi connectivity index (χ2v) is 7.51. The molecule has 27 heavy (non-hydrogen) atoms. The Morgan fingerprint density at radius 2 is 2.07 bits per heavy atom. The van der Waals surface area contributed by atoms with Crippen LogP contribution in [0.1, 0.15) is 35.2 Å². The fourth-order valence-electron chi connectivity index (χ4n) is 4.08. The number of aromatic nitrogens is 5. The second kappa shape index (κ2) is 6.00. The molecule has 9 heteroatoms. The number of rotatable bonds is 3. The van der Waals surface area contributed by atoms with Gasteiger partial charge in [0.2, 0.25) is 0 Å². The number of fused-ring (bicyclic) bond motifs is 1. The lowest BCUT2D eigenvalue weighted by molar-refractivity contribution is -0.0821. The standard InChI is InChI=1S/C18H22N6O3/c1-11-14(12(2)27-22-11)6-23-5-4-18(9-23)10-24-16(8-26-18)20-21-17(24)15-7-25-13(3)19-15/h7H,4-6,8-10H2,1-3H3. The number of likely N-dealkylation sites (tertiary alicyclic amines) is 1. The number of ether oxygens (including phenoxy) is 1. The molecule has 5 rings (SSSR count). The van der Waals surface area contributed by atoms with Gasteiger partial charge in [-0.3, -0.25) is 4.90 Å². The van der Waals surface area contributed by atoms with Crippen LogP contribution in [-0.4, -0.2) is 48.5 Å². The first-order valence-electron chi connectivity index (χ1n) is 9.16. The molecule has 9 nitrogen and oxygen atoms in total. The smallest absolute Gasteiger partial charge is 0.191 e. The summed E-state index contributed by atoms with van der Waals surface area (Å²) >= 11 is 0. The van der Waals surface area contributed by atoms with Crippen LogP contribution >= 0.6 is 0 Å². The molecule has 2 aliphatic rings. The molecule has 1 atom stereocenters. The molecular weight excluding hydrogens is 348 g/mol. The SMILES string of the molecule is Cc1nc(-c2nnc3n2CC2(CCN(Cc4c(C)noc4C)C2)OC3)co1. The van der Waals surface area contributed by atoms with Crippen LogP contribution in [0.25, 0.3) is 11.5 Å². The van der Waals surface area contributed by atoms with Gasteiger partial charge in [-0.1, -0.05) is 5.16 Å². The third kappa shape index (κ3) is 2.78. The predicted molar refractivity (Wildman–Crippen MR) is 93.6 cm³/mol. The van der Waals surface area contributed by atoms with Crippen LogP contribution in [0.4, 0.5) is 0 Å². The van der Waals surface area contributed by atoms with Crippen molar-refractivity contribution in [3.05, 3.63) is 35.0 Å². The van der Waals surface area contributed by atoms with Gasteiger partial charge >= 0.3 is 0 Å². The van der Waals surface area contributed by atoms with Crippen molar-refractivity contribution >= 4 is 0 Å². The van der Waals surface area contributed by atoms with Gasteiger partial charge in [0.1, 0.15) is 29.9 Å².